The van der Waals surface area contributed by atoms with E-state index >= 15 is 0 Å². The van der Waals surface area contributed by atoms with Crippen molar-refractivity contribution in [2.45, 2.75) is 12.6 Å². The van der Waals surface area contributed by atoms with E-state index in [0.717, 1.165) is 6.20 Å². The van der Waals surface area contributed by atoms with Crippen LogP contribution in [0.2, 0.25) is 10.3 Å². The van der Waals surface area contributed by atoms with Gasteiger partial charge < -0.3 is 4.74 Å². The second-order valence-corrected chi connectivity index (χ2v) is 3.25. The van der Waals surface area contributed by atoms with Crippen molar-refractivity contribution in [3.05, 3.63) is 16.5 Å². The van der Waals surface area contributed by atoms with Gasteiger partial charge in [0.2, 0.25) is 11.2 Å². The highest BCUT2D eigenvalue weighted by molar-refractivity contribution is 6.32. The number of alkyl halides is 3. The van der Waals surface area contributed by atoms with E-state index in [1.165, 1.54) is 0 Å². The Labute approximate surface area is 93.2 Å². The van der Waals surface area contributed by atoms with E-state index in [2.05, 4.69) is 9.97 Å². The monoisotopic (exact) mass is 260 g/mol. The van der Waals surface area contributed by atoms with Crippen LogP contribution in [0.25, 0.3) is 0 Å². The van der Waals surface area contributed by atoms with Crippen molar-refractivity contribution < 1.29 is 17.9 Å². The molecule has 0 aliphatic carbocycles. The molecular weight excluding hydrogens is 256 g/mol. The van der Waals surface area contributed by atoms with Crippen LogP contribution in [-0.2, 0) is 0 Å². The Kier molecular flexibility index (Phi) is 3.98. The maximum Gasteiger partial charge on any atom is 0.392 e. The van der Waals surface area contributed by atoms with Crippen molar-refractivity contribution in [1.82, 2.24) is 9.97 Å². The van der Waals surface area contributed by atoms with Gasteiger partial charge in [0.15, 0.2) is 0 Å². The third kappa shape index (κ3) is 4.53. The zero-order valence-corrected chi connectivity index (χ0v) is 8.70. The first kappa shape index (κ1) is 12.3. The quantitative estimate of drug-likeness (QED) is 0.784. The molecule has 0 unspecified atom stereocenters. The molecule has 0 aliphatic rings. The molecule has 0 atom stereocenters. The standard InChI is InChI=1S/C7H5Cl2F3N2O/c8-4-3-13-6(9)14-5(4)15-2-1-7(10,11)12/h3H,1-2H2. The molecule has 3 nitrogen and oxygen atoms in total. The smallest absolute Gasteiger partial charge is 0.392 e. The molecule has 8 heteroatoms. The number of halogens is 5. The Morgan fingerprint density at radius 1 is 1.33 bits per heavy atom. The number of ether oxygens (including phenoxy) is 1. The minimum Gasteiger partial charge on any atom is -0.476 e. The third-order valence-corrected chi connectivity index (χ3v) is 1.75. The SMILES string of the molecule is FC(F)(F)CCOc1nc(Cl)ncc1Cl. The number of nitrogens with zero attached hydrogens (tertiary/aromatic N) is 2. The van der Waals surface area contributed by atoms with E-state index in [4.69, 9.17) is 27.9 Å². The largest absolute Gasteiger partial charge is 0.476 e. The molecule has 84 valence electrons. The molecule has 15 heavy (non-hydrogen) atoms. The first-order chi connectivity index (χ1) is 6.88. The van der Waals surface area contributed by atoms with E-state index in [1.807, 2.05) is 0 Å². The molecule has 0 spiro atoms. The topological polar surface area (TPSA) is 35.0 Å². The molecule has 0 radical (unpaired) electrons. The van der Waals surface area contributed by atoms with E-state index in [1.54, 1.807) is 0 Å². The highest BCUT2D eigenvalue weighted by Crippen LogP contribution is 2.24. The predicted octanol–water partition coefficient (Wildman–Crippen LogP) is 3.11. The van der Waals surface area contributed by atoms with Crippen LogP contribution in [0.15, 0.2) is 6.20 Å². The molecule has 1 heterocycles. The zero-order chi connectivity index (χ0) is 11.5. The zero-order valence-electron chi connectivity index (χ0n) is 7.18. The van der Waals surface area contributed by atoms with Gasteiger partial charge in [0.05, 0.1) is 19.2 Å². The summed E-state index contributed by atoms with van der Waals surface area (Å²) < 4.78 is 40.0. The van der Waals surface area contributed by atoms with Gasteiger partial charge in [-0.1, -0.05) is 11.6 Å². The Morgan fingerprint density at radius 3 is 2.60 bits per heavy atom. The first-order valence-electron chi connectivity index (χ1n) is 3.76. The Bertz CT molecular complexity index is 345. The number of rotatable bonds is 3. The van der Waals surface area contributed by atoms with E-state index in [0.29, 0.717) is 0 Å². The molecule has 0 N–H and O–H groups in total. The summed E-state index contributed by atoms with van der Waals surface area (Å²) in [6.07, 6.45) is -4.20. The van der Waals surface area contributed by atoms with Crippen LogP contribution in [0.1, 0.15) is 6.42 Å². The van der Waals surface area contributed by atoms with Crippen LogP contribution in [0.5, 0.6) is 5.88 Å². The van der Waals surface area contributed by atoms with E-state index in [9.17, 15) is 13.2 Å². The number of hydrogen-bond donors (Lipinski definition) is 0. The maximum absolute atomic E-state index is 11.8. The molecule has 1 rings (SSSR count). The van der Waals surface area contributed by atoms with Crippen LogP contribution in [0.4, 0.5) is 13.2 Å². The Balaban J connectivity index is 2.54. The van der Waals surface area contributed by atoms with Gasteiger partial charge in [0.1, 0.15) is 5.02 Å². The lowest BCUT2D eigenvalue weighted by atomic mass is 10.4. The molecule has 0 fully saturated rings. The molecular formula is C7H5Cl2F3N2O. The minimum absolute atomic E-state index is 0.0153. The fraction of sp³-hybridized carbons (Fsp3) is 0.429. The summed E-state index contributed by atoms with van der Waals surface area (Å²) in [4.78, 5) is 7.04. The van der Waals surface area contributed by atoms with Crippen LogP contribution in [-0.4, -0.2) is 22.8 Å². The molecule has 0 bridgehead atoms. The molecule has 0 saturated carbocycles. The molecule has 1 aromatic heterocycles. The van der Waals surface area contributed by atoms with Crippen LogP contribution < -0.4 is 4.74 Å². The molecule has 0 saturated heterocycles. The van der Waals surface area contributed by atoms with Gasteiger partial charge in [-0.25, -0.2) is 4.98 Å². The highest BCUT2D eigenvalue weighted by atomic mass is 35.5. The fourth-order valence-corrected chi connectivity index (χ4v) is 0.967. The van der Waals surface area contributed by atoms with Gasteiger partial charge in [-0.15, -0.1) is 0 Å². The van der Waals surface area contributed by atoms with Crippen molar-refractivity contribution in [2.24, 2.45) is 0 Å². The normalized spacial score (nSPS) is 11.5. The average Bonchev–Trinajstić information content (AvgIpc) is 2.09. The summed E-state index contributed by atoms with van der Waals surface area (Å²) in [5.74, 6) is -0.152. The summed E-state index contributed by atoms with van der Waals surface area (Å²) >= 11 is 11.0. The molecule has 1 aromatic rings. The highest BCUT2D eigenvalue weighted by Gasteiger charge is 2.27. The number of aromatic nitrogens is 2. The average molecular weight is 261 g/mol. The lowest BCUT2D eigenvalue weighted by molar-refractivity contribution is -0.139. The van der Waals surface area contributed by atoms with Gasteiger partial charge in [0.25, 0.3) is 0 Å². The summed E-state index contributed by atoms with van der Waals surface area (Å²) in [7, 11) is 0. The van der Waals surface area contributed by atoms with E-state index in [-0.39, 0.29) is 16.2 Å². The molecule has 0 aromatic carbocycles. The van der Waals surface area contributed by atoms with Crippen LogP contribution >= 0.6 is 23.2 Å². The fourth-order valence-electron chi connectivity index (χ4n) is 0.696. The van der Waals surface area contributed by atoms with Gasteiger partial charge in [-0.3, -0.25) is 0 Å². The molecule has 0 aliphatic heterocycles. The summed E-state index contributed by atoms with van der Waals surface area (Å²) in [6, 6.07) is 0. The predicted molar refractivity (Wildman–Crippen MR) is 48.2 cm³/mol. The second-order valence-electron chi connectivity index (χ2n) is 2.51. The summed E-state index contributed by atoms with van der Waals surface area (Å²) in [5.41, 5.74) is 0. The van der Waals surface area contributed by atoms with Gasteiger partial charge >= 0.3 is 6.18 Å². The lowest BCUT2D eigenvalue weighted by Crippen LogP contribution is -2.13. The van der Waals surface area contributed by atoms with Crippen LogP contribution in [0, 0.1) is 0 Å². The Hall–Kier alpha value is -0.750. The second kappa shape index (κ2) is 4.85. The van der Waals surface area contributed by atoms with Gasteiger partial charge in [-0.2, -0.15) is 18.2 Å². The Morgan fingerprint density at radius 2 is 2.00 bits per heavy atom. The number of hydrogen-bond acceptors (Lipinski definition) is 3. The summed E-state index contributed by atoms with van der Waals surface area (Å²) in [6.45, 7) is -0.559. The first-order valence-corrected chi connectivity index (χ1v) is 4.51. The summed E-state index contributed by atoms with van der Waals surface area (Å²) in [5, 5.41) is -0.122. The third-order valence-electron chi connectivity index (χ3n) is 1.31. The van der Waals surface area contributed by atoms with Crippen molar-refractivity contribution in [3.8, 4) is 5.88 Å². The van der Waals surface area contributed by atoms with E-state index < -0.39 is 19.2 Å². The van der Waals surface area contributed by atoms with Crippen molar-refractivity contribution in [3.63, 3.8) is 0 Å². The minimum atomic E-state index is -4.27. The van der Waals surface area contributed by atoms with Gasteiger partial charge in [0, 0.05) is 0 Å². The van der Waals surface area contributed by atoms with Crippen molar-refractivity contribution >= 4 is 23.2 Å². The van der Waals surface area contributed by atoms with Crippen molar-refractivity contribution in [1.29, 1.82) is 0 Å². The maximum atomic E-state index is 11.8. The van der Waals surface area contributed by atoms with Crippen LogP contribution in [0.3, 0.4) is 0 Å². The van der Waals surface area contributed by atoms with Gasteiger partial charge in [-0.05, 0) is 11.6 Å². The lowest BCUT2D eigenvalue weighted by Gasteiger charge is -2.08. The van der Waals surface area contributed by atoms with Crippen molar-refractivity contribution in [2.75, 3.05) is 6.61 Å². The molecule has 0 amide bonds.